The van der Waals surface area contributed by atoms with Crippen LogP contribution in [0.15, 0.2) is 60.7 Å². The van der Waals surface area contributed by atoms with E-state index < -0.39 is 18.1 Å². The highest BCUT2D eigenvalue weighted by Crippen LogP contribution is 2.42. The van der Waals surface area contributed by atoms with Crippen molar-refractivity contribution in [3.05, 3.63) is 93.5 Å². The highest BCUT2D eigenvalue weighted by molar-refractivity contribution is 6.32. The Morgan fingerprint density at radius 3 is 2.70 bits per heavy atom. The summed E-state index contributed by atoms with van der Waals surface area (Å²) in [6, 6.07) is 19.0. The van der Waals surface area contributed by atoms with Crippen LogP contribution in [0.3, 0.4) is 0 Å². The van der Waals surface area contributed by atoms with Crippen molar-refractivity contribution in [3.63, 3.8) is 0 Å². The van der Waals surface area contributed by atoms with Gasteiger partial charge in [-0.15, -0.1) is 0 Å². The Morgan fingerprint density at radius 2 is 1.85 bits per heavy atom. The SMILES string of the molecule is CN1CCc2cc(Cl)c(OC(=O)N3CCC[C@H]3C(=O)OCc3ccccc3)cc2C(c2cccc3c2OCC3)C1. The first-order valence-electron chi connectivity index (χ1n) is 13.9. The van der Waals surface area contributed by atoms with Crippen LogP contribution < -0.4 is 9.47 Å². The van der Waals surface area contributed by atoms with Gasteiger partial charge in [-0.25, -0.2) is 9.59 Å². The summed E-state index contributed by atoms with van der Waals surface area (Å²) in [6.45, 7) is 2.99. The number of nitrogens with zero attached hydrogens (tertiary/aromatic N) is 2. The zero-order valence-corrected chi connectivity index (χ0v) is 23.4. The van der Waals surface area contributed by atoms with Gasteiger partial charge in [0.2, 0.25) is 0 Å². The van der Waals surface area contributed by atoms with Gasteiger partial charge < -0.3 is 19.1 Å². The summed E-state index contributed by atoms with van der Waals surface area (Å²) in [5, 5.41) is 0.382. The molecule has 6 rings (SSSR count). The van der Waals surface area contributed by atoms with Gasteiger partial charge >= 0.3 is 12.1 Å². The van der Waals surface area contributed by atoms with Crippen molar-refractivity contribution in [3.8, 4) is 11.5 Å². The maximum absolute atomic E-state index is 13.4. The van der Waals surface area contributed by atoms with Crippen LogP contribution >= 0.6 is 11.6 Å². The Hall–Kier alpha value is -3.55. The Kier molecular flexibility index (Phi) is 7.67. The molecule has 0 N–H and O–H groups in total. The molecule has 1 saturated heterocycles. The molecule has 0 aromatic heterocycles. The standard InChI is InChI=1S/C32H33ClN2O5/c1-34-15-12-23-17-27(33)29(18-25(23)26(19-34)24-10-5-9-22-13-16-38-30(22)24)40-32(37)35-14-6-11-28(35)31(36)39-20-21-7-3-2-4-8-21/h2-5,7-10,17-18,26,28H,6,11-16,19-20H2,1H3/t26?,28-/m0/s1. The monoisotopic (exact) mass is 560 g/mol. The van der Waals surface area contributed by atoms with Gasteiger partial charge in [-0.3, -0.25) is 4.90 Å². The van der Waals surface area contributed by atoms with E-state index in [2.05, 4.69) is 30.1 Å². The molecule has 3 aliphatic heterocycles. The molecular weight excluding hydrogens is 528 g/mol. The summed E-state index contributed by atoms with van der Waals surface area (Å²) < 4.78 is 17.5. The first-order chi connectivity index (χ1) is 19.5. The average molecular weight is 561 g/mol. The van der Waals surface area contributed by atoms with Gasteiger partial charge in [0, 0.05) is 37.5 Å². The Labute approximate surface area is 239 Å². The van der Waals surface area contributed by atoms with Gasteiger partial charge in [-0.2, -0.15) is 0 Å². The van der Waals surface area contributed by atoms with E-state index in [-0.39, 0.29) is 12.5 Å². The van der Waals surface area contributed by atoms with E-state index in [4.69, 9.17) is 25.8 Å². The molecule has 3 aromatic carbocycles. The predicted molar refractivity (Wildman–Crippen MR) is 152 cm³/mol. The van der Waals surface area contributed by atoms with Crippen molar-refractivity contribution < 1.29 is 23.8 Å². The molecule has 1 amide bonds. The number of para-hydroxylation sites is 1. The molecule has 3 heterocycles. The molecule has 3 aromatic rings. The Morgan fingerprint density at radius 1 is 1.00 bits per heavy atom. The molecule has 208 valence electrons. The maximum atomic E-state index is 13.4. The van der Waals surface area contributed by atoms with E-state index in [0.29, 0.717) is 36.8 Å². The topological polar surface area (TPSA) is 68.3 Å². The lowest BCUT2D eigenvalue weighted by molar-refractivity contribution is -0.149. The number of ether oxygens (including phenoxy) is 3. The quantitative estimate of drug-likeness (QED) is 0.378. The van der Waals surface area contributed by atoms with Gasteiger partial charge in [-0.05, 0) is 60.7 Å². The number of hydrogen-bond donors (Lipinski definition) is 0. The summed E-state index contributed by atoms with van der Waals surface area (Å²) >= 11 is 6.68. The summed E-state index contributed by atoms with van der Waals surface area (Å²) in [4.78, 5) is 30.0. The van der Waals surface area contributed by atoms with Crippen LogP contribution in [0.5, 0.6) is 11.5 Å². The lowest BCUT2D eigenvalue weighted by Crippen LogP contribution is -2.42. The fraction of sp³-hybridized carbons (Fsp3) is 0.375. The first-order valence-corrected chi connectivity index (χ1v) is 14.3. The highest BCUT2D eigenvalue weighted by atomic mass is 35.5. The average Bonchev–Trinajstić information content (AvgIpc) is 3.63. The second-order valence-electron chi connectivity index (χ2n) is 10.8. The Balaban J connectivity index is 1.23. The van der Waals surface area contributed by atoms with E-state index in [0.717, 1.165) is 53.9 Å². The maximum Gasteiger partial charge on any atom is 0.416 e. The van der Waals surface area contributed by atoms with Crippen molar-refractivity contribution in [2.45, 2.75) is 44.2 Å². The summed E-state index contributed by atoms with van der Waals surface area (Å²) in [5.74, 6) is 0.887. The summed E-state index contributed by atoms with van der Waals surface area (Å²) in [6.07, 6.45) is 2.40. The van der Waals surface area contributed by atoms with Crippen molar-refractivity contribution >= 4 is 23.7 Å². The number of benzene rings is 3. The molecule has 1 fully saturated rings. The van der Waals surface area contributed by atoms with Crippen molar-refractivity contribution in [1.29, 1.82) is 0 Å². The second kappa shape index (κ2) is 11.5. The lowest BCUT2D eigenvalue weighted by Gasteiger charge is -2.25. The number of halogens is 1. The van der Waals surface area contributed by atoms with Gasteiger partial charge in [0.25, 0.3) is 0 Å². The van der Waals surface area contributed by atoms with Crippen LogP contribution in [0.25, 0.3) is 0 Å². The van der Waals surface area contributed by atoms with Crippen LogP contribution in [-0.2, 0) is 29.0 Å². The second-order valence-corrected chi connectivity index (χ2v) is 11.2. The molecule has 0 radical (unpaired) electrons. The van der Waals surface area contributed by atoms with E-state index in [1.165, 1.54) is 10.5 Å². The van der Waals surface area contributed by atoms with Crippen LogP contribution in [0, 0.1) is 0 Å². The fourth-order valence-corrected chi connectivity index (χ4v) is 6.26. The minimum atomic E-state index is -0.679. The number of likely N-dealkylation sites (tertiary alicyclic amines) is 1. The van der Waals surface area contributed by atoms with Crippen LogP contribution in [0.2, 0.25) is 5.02 Å². The molecule has 0 aliphatic carbocycles. The number of likely N-dealkylation sites (N-methyl/N-ethyl adjacent to an activating group) is 1. The fourth-order valence-electron chi connectivity index (χ4n) is 6.03. The molecule has 0 spiro atoms. The number of rotatable bonds is 5. The van der Waals surface area contributed by atoms with Gasteiger partial charge in [0.05, 0.1) is 11.6 Å². The van der Waals surface area contributed by atoms with Crippen molar-refractivity contribution in [1.82, 2.24) is 9.80 Å². The largest absolute Gasteiger partial charge is 0.493 e. The van der Waals surface area contributed by atoms with Crippen molar-refractivity contribution in [2.24, 2.45) is 0 Å². The van der Waals surface area contributed by atoms with Crippen LogP contribution in [-0.4, -0.2) is 61.2 Å². The molecule has 7 nitrogen and oxygen atoms in total. The van der Waals surface area contributed by atoms with E-state index in [1.807, 2.05) is 42.5 Å². The lowest BCUT2D eigenvalue weighted by atomic mass is 9.86. The predicted octanol–water partition coefficient (Wildman–Crippen LogP) is 5.60. The molecule has 3 aliphatic rings. The molecule has 8 heteroatoms. The summed E-state index contributed by atoms with van der Waals surface area (Å²) in [7, 11) is 2.12. The van der Waals surface area contributed by atoms with Gasteiger partial charge in [0.15, 0.2) is 5.75 Å². The minimum Gasteiger partial charge on any atom is -0.493 e. The number of esters is 1. The molecule has 0 bridgehead atoms. The first kappa shape index (κ1) is 26.7. The highest BCUT2D eigenvalue weighted by Gasteiger charge is 2.37. The third-order valence-electron chi connectivity index (χ3n) is 8.13. The third kappa shape index (κ3) is 5.40. The molecule has 40 heavy (non-hydrogen) atoms. The number of carbonyl (C=O) groups is 2. The van der Waals surface area contributed by atoms with E-state index in [1.54, 1.807) is 0 Å². The molecule has 0 saturated carbocycles. The van der Waals surface area contributed by atoms with Gasteiger partial charge in [0.1, 0.15) is 18.4 Å². The van der Waals surface area contributed by atoms with E-state index in [9.17, 15) is 9.59 Å². The molecule has 2 atom stereocenters. The molecular formula is C32H33ClN2O5. The Bertz CT molecular complexity index is 1410. The number of fused-ring (bicyclic) bond motifs is 2. The third-order valence-corrected chi connectivity index (χ3v) is 8.42. The van der Waals surface area contributed by atoms with Gasteiger partial charge in [-0.1, -0.05) is 60.1 Å². The normalized spacial score (nSPS) is 20.3. The van der Waals surface area contributed by atoms with Crippen molar-refractivity contribution in [2.75, 3.05) is 33.3 Å². The zero-order valence-electron chi connectivity index (χ0n) is 22.6. The molecule has 1 unspecified atom stereocenters. The zero-order chi connectivity index (χ0) is 27.6. The van der Waals surface area contributed by atoms with Crippen LogP contribution in [0.4, 0.5) is 4.79 Å². The summed E-state index contributed by atoms with van der Waals surface area (Å²) in [5.41, 5.74) is 5.49. The van der Waals surface area contributed by atoms with E-state index >= 15 is 0 Å². The number of carbonyl (C=O) groups excluding carboxylic acids is 2. The number of hydrogen-bond acceptors (Lipinski definition) is 6. The van der Waals surface area contributed by atoms with Crippen LogP contribution in [0.1, 0.15) is 46.6 Å². The smallest absolute Gasteiger partial charge is 0.416 e. The minimum absolute atomic E-state index is 0.0396. The number of amides is 1.